The number of hydrogen-bond acceptors (Lipinski definition) is 5. The van der Waals surface area contributed by atoms with E-state index in [1.165, 1.54) is 34.9 Å². The monoisotopic (exact) mass is 540 g/mol. The van der Waals surface area contributed by atoms with Crippen molar-refractivity contribution in [3.63, 3.8) is 0 Å². The summed E-state index contributed by atoms with van der Waals surface area (Å²) in [5, 5.41) is 3.69. The lowest BCUT2D eigenvalue weighted by atomic mass is 10.1. The van der Waals surface area contributed by atoms with Crippen molar-refractivity contribution in [3.05, 3.63) is 100.0 Å². The second-order valence-electron chi connectivity index (χ2n) is 8.74. The Labute approximate surface area is 221 Å². The van der Waals surface area contributed by atoms with E-state index in [0.717, 1.165) is 26.8 Å². The van der Waals surface area contributed by atoms with Crippen molar-refractivity contribution in [2.24, 2.45) is 0 Å². The summed E-state index contributed by atoms with van der Waals surface area (Å²) in [6, 6.07) is 20.4. The number of carbonyl (C=O) groups excluding carboxylic acids is 1. The van der Waals surface area contributed by atoms with E-state index in [9.17, 15) is 17.6 Å². The van der Waals surface area contributed by atoms with Gasteiger partial charge in [0.2, 0.25) is 15.9 Å². The number of amides is 1. The highest BCUT2D eigenvalue weighted by Gasteiger charge is 2.29. The number of nitrogens with zero attached hydrogens (tertiary/aromatic N) is 2. The standard InChI is InChI=1S/C28H29FN2O4S2/c1-21-13-16-36-27(21)19-30(18-22-7-10-25(29)11-8-22)28(32)20-31(14-15-35-2)37(33,34)26-12-9-23-5-3-4-6-24(23)17-26/h3-13,16-17H,14-15,18-20H2,1-2H3. The molecule has 37 heavy (non-hydrogen) atoms. The summed E-state index contributed by atoms with van der Waals surface area (Å²) in [7, 11) is -2.49. The fraction of sp³-hybridized carbons (Fsp3) is 0.250. The molecule has 0 atom stereocenters. The minimum absolute atomic E-state index is 0.0276. The number of aryl methyl sites for hydroxylation is 1. The highest BCUT2D eigenvalue weighted by Crippen LogP contribution is 2.24. The Balaban J connectivity index is 1.62. The largest absolute Gasteiger partial charge is 0.383 e. The van der Waals surface area contributed by atoms with Crippen LogP contribution in [0.5, 0.6) is 0 Å². The van der Waals surface area contributed by atoms with Crippen LogP contribution < -0.4 is 0 Å². The number of benzene rings is 3. The average Bonchev–Trinajstić information content (AvgIpc) is 3.30. The molecule has 0 unspecified atom stereocenters. The maximum absolute atomic E-state index is 13.7. The summed E-state index contributed by atoms with van der Waals surface area (Å²) >= 11 is 1.54. The lowest BCUT2D eigenvalue weighted by Crippen LogP contribution is -2.43. The lowest BCUT2D eigenvalue weighted by Gasteiger charge is -2.27. The van der Waals surface area contributed by atoms with Crippen LogP contribution in [0, 0.1) is 12.7 Å². The number of fused-ring (bicyclic) bond motifs is 1. The Morgan fingerprint density at radius 2 is 1.70 bits per heavy atom. The van der Waals surface area contributed by atoms with Crippen LogP contribution in [-0.2, 0) is 32.6 Å². The molecule has 0 spiro atoms. The molecule has 0 aliphatic heterocycles. The molecule has 0 aliphatic rings. The van der Waals surface area contributed by atoms with Gasteiger partial charge in [-0.1, -0.05) is 42.5 Å². The SMILES string of the molecule is COCCN(CC(=O)N(Cc1ccc(F)cc1)Cc1sccc1C)S(=O)(=O)c1ccc2ccccc2c1. The molecule has 0 bridgehead atoms. The van der Waals surface area contributed by atoms with Crippen molar-refractivity contribution < 1.29 is 22.3 Å². The second kappa shape index (κ2) is 12.0. The second-order valence-corrected chi connectivity index (χ2v) is 11.7. The third-order valence-corrected chi connectivity index (χ3v) is 9.01. The molecule has 4 rings (SSSR count). The highest BCUT2D eigenvalue weighted by molar-refractivity contribution is 7.89. The molecule has 1 amide bonds. The number of halogens is 1. The number of thiophene rings is 1. The number of sulfonamides is 1. The van der Waals surface area contributed by atoms with Gasteiger partial charge in [0.15, 0.2) is 0 Å². The topological polar surface area (TPSA) is 66.9 Å². The predicted molar refractivity (Wildman–Crippen MR) is 144 cm³/mol. The predicted octanol–water partition coefficient (Wildman–Crippen LogP) is 5.21. The van der Waals surface area contributed by atoms with Crippen LogP contribution in [0.2, 0.25) is 0 Å². The van der Waals surface area contributed by atoms with Gasteiger partial charge in [0.1, 0.15) is 5.82 Å². The van der Waals surface area contributed by atoms with Gasteiger partial charge in [0.25, 0.3) is 0 Å². The van der Waals surface area contributed by atoms with Gasteiger partial charge >= 0.3 is 0 Å². The molecule has 9 heteroatoms. The van der Waals surface area contributed by atoms with Crippen LogP contribution >= 0.6 is 11.3 Å². The van der Waals surface area contributed by atoms with Gasteiger partial charge in [0, 0.05) is 25.1 Å². The molecule has 1 aromatic heterocycles. The van der Waals surface area contributed by atoms with Crippen molar-refractivity contribution in [2.45, 2.75) is 24.9 Å². The van der Waals surface area contributed by atoms with E-state index in [-0.39, 0.29) is 42.9 Å². The molecular formula is C28H29FN2O4S2. The molecule has 6 nitrogen and oxygen atoms in total. The minimum atomic E-state index is -3.98. The summed E-state index contributed by atoms with van der Waals surface area (Å²) in [6.45, 7) is 2.35. The van der Waals surface area contributed by atoms with Crippen LogP contribution in [-0.4, -0.2) is 50.3 Å². The van der Waals surface area contributed by atoms with E-state index >= 15 is 0 Å². The van der Waals surface area contributed by atoms with Gasteiger partial charge < -0.3 is 9.64 Å². The smallest absolute Gasteiger partial charge is 0.243 e. The third kappa shape index (κ3) is 6.61. The van der Waals surface area contributed by atoms with Gasteiger partial charge in [-0.3, -0.25) is 4.79 Å². The summed E-state index contributed by atoms with van der Waals surface area (Å²) in [4.78, 5) is 16.4. The molecule has 194 valence electrons. The zero-order chi connectivity index (χ0) is 26.4. The van der Waals surface area contributed by atoms with Crippen LogP contribution in [0.1, 0.15) is 16.0 Å². The van der Waals surface area contributed by atoms with E-state index in [1.807, 2.05) is 42.6 Å². The maximum Gasteiger partial charge on any atom is 0.243 e. The minimum Gasteiger partial charge on any atom is -0.383 e. The molecule has 0 radical (unpaired) electrons. The van der Waals surface area contributed by atoms with E-state index in [2.05, 4.69) is 0 Å². The number of ether oxygens (including phenoxy) is 1. The van der Waals surface area contributed by atoms with Crippen LogP contribution in [0.15, 0.2) is 83.1 Å². The summed E-state index contributed by atoms with van der Waals surface area (Å²) in [5.74, 6) is -0.708. The van der Waals surface area contributed by atoms with Gasteiger partial charge in [-0.25, -0.2) is 12.8 Å². The van der Waals surface area contributed by atoms with Gasteiger partial charge in [-0.2, -0.15) is 4.31 Å². The maximum atomic E-state index is 13.7. The Morgan fingerprint density at radius 1 is 0.973 bits per heavy atom. The third-order valence-electron chi connectivity index (χ3n) is 6.16. The van der Waals surface area contributed by atoms with Gasteiger partial charge in [-0.15, -0.1) is 11.3 Å². The molecule has 3 aromatic carbocycles. The Kier molecular flexibility index (Phi) is 8.71. The number of hydrogen-bond donors (Lipinski definition) is 0. The van der Waals surface area contributed by atoms with Gasteiger partial charge in [0.05, 0.1) is 24.6 Å². The van der Waals surface area contributed by atoms with E-state index in [1.54, 1.807) is 35.2 Å². The van der Waals surface area contributed by atoms with Crippen molar-refractivity contribution in [1.29, 1.82) is 0 Å². The fourth-order valence-corrected chi connectivity index (χ4v) is 6.32. The molecule has 0 saturated carbocycles. The zero-order valence-electron chi connectivity index (χ0n) is 20.8. The van der Waals surface area contributed by atoms with E-state index < -0.39 is 10.0 Å². The summed E-state index contributed by atoms with van der Waals surface area (Å²) in [6.07, 6.45) is 0. The van der Waals surface area contributed by atoms with Crippen molar-refractivity contribution >= 4 is 38.0 Å². The first-order valence-corrected chi connectivity index (χ1v) is 14.1. The molecule has 0 aliphatic carbocycles. The first kappa shape index (κ1) is 26.9. The van der Waals surface area contributed by atoms with Crippen molar-refractivity contribution in [1.82, 2.24) is 9.21 Å². The van der Waals surface area contributed by atoms with E-state index in [0.29, 0.717) is 6.54 Å². The molecule has 0 saturated heterocycles. The van der Waals surface area contributed by atoms with Crippen LogP contribution in [0.3, 0.4) is 0 Å². The molecule has 1 heterocycles. The Morgan fingerprint density at radius 3 is 2.38 bits per heavy atom. The van der Waals surface area contributed by atoms with Gasteiger partial charge in [-0.05, 0) is 64.5 Å². The summed E-state index contributed by atoms with van der Waals surface area (Å²) in [5.41, 5.74) is 1.81. The lowest BCUT2D eigenvalue weighted by molar-refractivity contribution is -0.132. The zero-order valence-corrected chi connectivity index (χ0v) is 22.4. The number of carbonyl (C=O) groups is 1. The van der Waals surface area contributed by atoms with Crippen LogP contribution in [0.25, 0.3) is 10.8 Å². The molecule has 0 fully saturated rings. The number of methoxy groups -OCH3 is 1. The highest BCUT2D eigenvalue weighted by atomic mass is 32.2. The first-order valence-electron chi connectivity index (χ1n) is 11.8. The van der Waals surface area contributed by atoms with Crippen molar-refractivity contribution in [3.8, 4) is 0 Å². The fourth-order valence-electron chi connectivity index (χ4n) is 3.99. The first-order chi connectivity index (χ1) is 17.8. The molecule has 0 N–H and O–H groups in total. The normalized spacial score (nSPS) is 11.8. The quantitative estimate of drug-likeness (QED) is 0.262. The Bertz CT molecular complexity index is 1470. The van der Waals surface area contributed by atoms with E-state index in [4.69, 9.17) is 4.74 Å². The average molecular weight is 541 g/mol. The number of rotatable bonds is 11. The van der Waals surface area contributed by atoms with Crippen LogP contribution in [0.4, 0.5) is 4.39 Å². The molecular weight excluding hydrogens is 511 g/mol. The Hall–Kier alpha value is -3.11. The molecule has 4 aromatic rings. The summed E-state index contributed by atoms with van der Waals surface area (Å²) < 4.78 is 47.1. The van der Waals surface area contributed by atoms with Crippen molar-refractivity contribution in [2.75, 3.05) is 26.8 Å².